The van der Waals surface area contributed by atoms with Gasteiger partial charge in [-0.3, -0.25) is 0 Å². The zero-order valence-electron chi connectivity index (χ0n) is 12.5. The second-order valence-electron chi connectivity index (χ2n) is 5.17. The molecule has 7 heteroatoms. The Morgan fingerprint density at radius 1 is 1.09 bits per heavy atom. The third-order valence-electron chi connectivity index (χ3n) is 3.53. The highest BCUT2D eigenvalue weighted by Crippen LogP contribution is 2.32. The molecule has 1 atom stereocenters. The minimum atomic E-state index is -3.70. The summed E-state index contributed by atoms with van der Waals surface area (Å²) in [5.41, 5.74) is 0.718. The predicted molar refractivity (Wildman–Crippen MR) is 87.6 cm³/mol. The van der Waals surface area contributed by atoms with Crippen molar-refractivity contribution in [1.29, 1.82) is 0 Å². The molecular weight excluding hydrogens is 338 g/mol. The zero-order valence-corrected chi connectivity index (χ0v) is 14.0. The molecule has 0 fully saturated rings. The minimum Gasteiger partial charge on any atom is -0.486 e. The summed E-state index contributed by atoms with van der Waals surface area (Å²) in [6.07, 6.45) is 0. The SMILES string of the molecule is C[C@H](NS(=O)(=O)c1ccc2c(c1)OCCO2)c1ccccc1Cl. The van der Waals surface area contributed by atoms with Gasteiger partial charge in [-0.2, -0.15) is 0 Å². The summed E-state index contributed by atoms with van der Waals surface area (Å²) in [7, 11) is -3.70. The lowest BCUT2D eigenvalue weighted by Gasteiger charge is -2.20. The molecule has 0 aliphatic carbocycles. The Hall–Kier alpha value is -1.76. The van der Waals surface area contributed by atoms with Crippen LogP contribution in [0.1, 0.15) is 18.5 Å². The number of rotatable bonds is 4. The molecule has 122 valence electrons. The predicted octanol–water partition coefficient (Wildman–Crippen LogP) is 3.15. The lowest BCUT2D eigenvalue weighted by Crippen LogP contribution is -2.27. The van der Waals surface area contributed by atoms with Gasteiger partial charge in [0.1, 0.15) is 13.2 Å². The summed E-state index contributed by atoms with van der Waals surface area (Å²) in [6, 6.07) is 11.2. The van der Waals surface area contributed by atoms with Crippen molar-refractivity contribution < 1.29 is 17.9 Å². The number of halogens is 1. The molecule has 1 aliphatic heterocycles. The van der Waals surface area contributed by atoms with Gasteiger partial charge in [-0.15, -0.1) is 0 Å². The Morgan fingerprint density at radius 3 is 2.52 bits per heavy atom. The molecule has 3 rings (SSSR count). The molecule has 1 aliphatic rings. The maximum Gasteiger partial charge on any atom is 0.241 e. The Labute approximate surface area is 140 Å². The molecule has 0 bridgehead atoms. The van der Waals surface area contributed by atoms with E-state index in [1.54, 1.807) is 31.2 Å². The maximum atomic E-state index is 12.6. The van der Waals surface area contributed by atoms with Crippen molar-refractivity contribution >= 4 is 21.6 Å². The van der Waals surface area contributed by atoms with Crippen molar-refractivity contribution in [2.75, 3.05) is 13.2 Å². The van der Waals surface area contributed by atoms with Crippen LogP contribution in [-0.2, 0) is 10.0 Å². The van der Waals surface area contributed by atoms with E-state index in [-0.39, 0.29) is 4.90 Å². The molecule has 0 radical (unpaired) electrons. The monoisotopic (exact) mass is 353 g/mol. The van der Waals surface area contributed by atoms with Crippen LogP contribution in [0.4, 0.5) is 0 Å². The molecule has 2 aromatic rings. The lowest BCUT2D eigenvalue weighted by molar-refractivity contribution is 0.171. The average Bonchev–Trinajstić information content (AvgIpc) is 2.54. The van der Waals surface area contributed by atoms with Crippen LogP contribution in [-0.4, -0.2) is 21.6 Å². The second kappa shape index (κ2) is 6.39. The zero-order chi connectivity index (χ0) is 16.4. The first-order chi connectivity index (χ1) is 11.0. The van der Waals surface area contributed by atoms with Crippen molar-refractivity contribution in [3.8, 4) is 11.5 Å². The van der Waals surface area contributed by atoms with E-state index in [1.807, 2.05) is 6.07 Å². The van der Waals surface area contributed by atoms with E-state index in [0.29, 0.717) is 29.7 Å². The highest BCUT2D eigenvalue weighted by atomic mass is 35.5. The summed E-state index contributed by atoms with van der Waals surface area (Å²) >= 11 is 6.12. The van der Waals surface area contributed by atoms with Gasteiger partial charge in [0.05, 0.1) is 4.90 Å². The highest BCUT2D eigenvalue weighted by Gasteiger charge is 2.22. The largest absolute Gasteiger partial charge is 0.486 e. The van der Waals surface area contributed by atoms with Gasteiger partial charge in [0, 0.05) is 17.1 Å². The van der Waals surface area contributed by atoms with E-state index in [9.17, 15) is 8.42 Å². The van der Waals surface area contributed by atoms with E-state index in [2.05, 4.69) is 4.72 Å². The van der Waals surface area contributed by atoms with E-state index in [0.717, 1.165) is 5.56 Å². The molecule has 23 heavy (non-hydrogen) atoms. The van der Waals surface area contributed by atoms with Crippen LogP contribution in [0.2, 0.25) is 5.02 Å². The van der Waals surface area contributed by atoms with Gasteiger partial charge in [0.2, 0.25) is 10.0 Å². The Balaban J connectivity index is 1.86. The van der Waals surface area contributed by atoms with Gasteiger partial charge < -0.3 is 9.47 Å². The first-order valence-corrected chi connectivity index (χ1v) is 9.00. The topological polar surface area (TPSA) is 64.6 Å². The smallest absolute Gasteiger partial charge is 0.241 e. The van der Waals surface area contributed by atoms with Gasteiger partial charge in [-0.25, -0.2) is 13.1 Å². The van der Waals surface area contributed by atoms with Crippen molar-refractivity contribution in [2.45, 2.75) is 17.9 Å². The van der Waals surface area contributed by atoms with Crippen LogP contribution >= 0.6 is 11.6 Å². The summed E-state index contributed by atoms with van der Waals surface area (Å²) in [5.74, 6) is 0.985. The molecule has 1 N–H and O–H groups in total. The standard InChI is InChI=1S/C16H16ClNO4S/c1-11(13-4-2-3-5-14(13)17)18-23(19,20)12-6-7-15-16(10-12)22-9-8-21-15/h2-7,10-11,18H,8-9H2,1H3/t11-/m0/s1. The number of nitrogens with one attached hydrogen (secondary N) is 1. The summed E-state index contributed by atoms with van der Waals surface area (Å²) in [5, 5.41) is 0.518. The third-order valence-corrected chi connectivity index (χ3v) is 5.41. The van der Waals surface area contributed by atoms with Crippen LogP contribution in [0.3, 0.4) is 0 Å². The molecule has 0 saturated carbocycles. The molecule has 5 nitrogen and oxygen atoms in total. The number of ether oxygens (including phenoxy) is 2. The van der Waals surface area contributed by atoms with Gasteiger partial charge in [-0.05, 0) is 30.7 Å². The Kier molecular flexibility index (Phi) is 4.48. The number of hydrogen-bond donors (Lipinski definition) is 1. The van der Waals surface area contributed by atoms with E-state index >= 15 is 0 Å². The number of fused-ring (bicyclic) bond motifs is 1. The molecule has 1 heterocycles. The third kappa shape index (κ3) is 3.44. The number of benzene rings is 2. The first kappa shape index (κ1) is 16.1. The molecule has 0 amide bonds. The normalized spacial score (nSPS) is 15.2. The van der Waals surface area contributed by atoms with Crippen LogP contribution in [0.5, 0.6) is 11.5 Å². The molecular formula is C16H16ClNO4S. The Morgan fingerprint density at radius 2 is 1.78 bits per heavy atom. The highest BCUT2D eigenvalue weighted by molar-refractivity contribution is 7.89. The maximum absolute atomic E-state index is 12.6. The van der Waals surface area contributed by atoms with Gasteiger partial charge >= 0.3 is 0 Å². The van der Waals surface area contributed by atoms with Crippen LogP contribution < -0.4 is 14.2 Å². The van der Waals surface area contributed by atoms with Crippen molar-refractivity contribution in [1.82, 2.24) is 4.72 Å². The fraction of sp³-hybridized carbons (Fsp3) is 0.250. The number of sulfonamides is 1. The van der Waals surface area contributed by atoms with Crippen molar-refractivity contribution in [3.63, 3.8) is 0 Å². The lowest BCUT2D eigenvalue weighted by atomic mass is 10.1. The molecule has 0 spiro atoms. The minimum absolute atomic E-state index is 0.126. The average molecular weight is 354 g/mol. The fourth-order valence-electron chi connectivity index (χ4n) is 2.38. The quantitative estimate of drug-likeness (QED) is 0.917. The molecule has 0 unspecified atom stereocenters. The van der Waals surface area contributed by atoms with Gasteiger partial charge in [-0.1, -0.05) is 29.8 Å². The summed E-state index contributed by atoms with van der Waals surface area (Å²) < 4.78 is 38.6. The fourth-order valence-corrected chi connectivity index (χ4v) is 3.92. The second-order valence-corrected chi connectivity index (χ2v) is 7.29. The van der Waals surface area contributed by atoms with Gasteiger partial charge in [0.25, 0.3) is 0 Å². The summed E-state index contributed by atoms with van der Waals surface area (Å²) in [6.45, 7) is 2.61. The summed E-state index contributed by atoms with van der Waals surface area (Å²) in [4.78, 5) is 0.126. The van der Waals surface area contributed by atoms with E-state index < -0.39 is 16.1 Å². The van der Waals surface area contributed by atoms with Crippen LogP contribution in [0, 0.1) is 0 Å². The Bertz CT molecular complexity index is 823. The number of hydrogen-bond acceptors (Lipinski definition) is 4. The molecule has 0 aromatic heterocycles. The van der Waals surface area contributed by atoms with E-state index in [1.165, 1.54) is 12.1 Å². The van der Waals surface area contributed by atoms with Crippen molar-refractivity contribution in [2.24, 2.45) is 0 Å². The van der Waals surface area contributed by atoms with E-state index in [4.69, 9.17) is 21.1 Å². The van der Waals surface area contributed by atoms with Crippen molar-refractivity contribution in [3.05, 3.63) is 53.1 Å². The molecule has 2 aromatic carbocycles. The van der Waals surface area contributed by atoms with Gasteiger partial charge in [0.15, 0.2) is 11.5 Å². The van der Waals surface area contributed by atoms with Crippen LogP contribution in [0.15, 0.2) is 47.4 Å². The van der Waals surface area contributed by atoms with Crippen LogP contribution in [0.25, 0.3) is 0 Å². The molecule has 0 saturated heterocycles. The first-order valence-electron chi connectivity index (χ1n) is 7.14.